The summed E-state index contributed by atoms with van der Waals surface area (Å²) in [6, 6.07) is 0.852. The number of fused-ring (bicyclic) bond motifs is 1. The number of anilines is 1. The van der Waals surface area contributed by atoms with Gasteiger partial charge in [-0.1, -0.05) is 36.0 Å². The summed E-state index contributed by atoms with van der Waals surface area (Å²) in [7, 11) is 0. The molecular weight excluding hydrogens is 540 g/mol. The highest BCUT2D eigenvalue weighted by Gasteiger charge is 2.54. The Hall–Kier alpha value is -2.63. The van der Waals surface area contributed by atoms with Gasteiger partial charge in [0.25, 0.3) is 0 Å². The summed E-state index contributed by atoms with van der Waals surface area (Å²) in [6.45, 7) is 1.07. The number of hydrogen-bond acceptors (Lipinski definition) is 4. The maximum Gasteiger partial charge on any atom is 0.449 e. The predicted octanol–water partition coefficient (Wildman–Crippen LogP) is 6.15. The van der Waals surface area contributed by atoms with E-state index in [0.717, 1.165) is 5.01 Å². The lowest BCUT2D eigenvalue weighted by molar-refractivity contribution is -0.137. The first-order valence-corrected chi connectivity index (χ1v) is 10.1. The van der Waals surface area contributed by atoms with Crippen LogP contribution in [0.3, 0.4) is 0 Å². The normalized spacial score (nSPS) is 19.3. The molecule has 0 aromatic heterocycles. The van der Waals surface area contributed by atoms with Gasteiger partial charge in [-0.15, -0.1) is 5.92 Å². The number of allylic oxidation sites excluding steroid dienone is 1. The summed E-state index contributed by atoms with van der Waals surface area (Å²) in [5.41, 5.74) is -4.77. The van der Waals surface area contributed by atoms with Crippen molar-refractivity contribution in [2.75, 3.05) is 11.6 Å². The van der Waals surface area contributed by atoms with E-state index in [1.165, 1.54) is 5.32 Å². The number of rotatable bonds is 2. The molecule has 2 aliphatic rings. The average Bonchev–Trinajstić information content (AvgIpc) is 2.97. The zero-order chi connectivity index (χ0) is 26.5. The zero-order valence-corrected chi connectivity index (χ0v) is 18.7. The lowest BCUT2D eigenvalue weighted by Crippen LogP contribution is -2.48. The van der Waals surface area contributed by atoms with E-state index in [4.69, 9.17) is 28.6 Å². The van der Waals surface area contributed by atoms with E-state index >= 15 is 0 Å². The molecule has 5 nitrogen and oxygen atoms in total. The van der Waals surface area contributed by atoms with Gasteiger partial charge in [-0.05, 0) is 12.1 Å². The molecule has 1 saturated heterocycles. The monoisotopic (exact) mass is 551 g/mol. The molecule has 1 aromatic rings. The summed E-state index contributed by atoms with van der Waals surface area (Å²) >= 11 is 12.0. The molecule has 3 rings (SSSR count). The van der Waals surface area contributed by atoms with Crippen LogP contribution < -0.4 is 10.3 Å². The number of hydrogen-bond donors (Lipinski definition) is 2. The Balaban J connectivity index is 2.29. The molecule has 0 amide bonds. The Morgan fingerprint density at radius 3 is 2.00 bits per heavy atom. The van der Waals surface area contributed by atoms with Crippen LogP contribution in [-0.2, 0) is 6.18 Å². The van der Waals surface area contributed by atoms with Gasteiger partial charge in [0.05, 0.1) is 33.4 Å². The second kappa shape index (κ2) is 9.11. The Labute approximate surface area is 201 Å². The maximum atomic E-state index is 13.7. The van der Waals surface area contributed by atoms with E-state index in [-0.39, 0.29) is 6.42 Å². The van der Waals surface area contributed by atoms with Crippen molar-refractivity contribution in [2.24, 2.45) is 4.99 Å². The standard InChI is InChI=1S/C19H12Cl2F9N5/c1-2-3-4-5-34-15-11(13(18(25,26)27)32-16(33-15)19(28,29)30)14(31)35(34)12-9(20)6-8(7-10(12)21)17(22,23)24/h6-7,15,31H,2,5H2,1H3,(H,32,33). The fraction of sp³-hybridized carbons (Fsp3) is 0.368. The number of aliphatic imine (C=N–C) groups is 1. The van der Waals surface area contributed by atoms with Crippen LogP contribution in [0.1, 0.15) is 18.9 Å². The number of nitrogens with zero attached hydrogens (tertiary/aromatic N) is 3. The van der Waals surface area contributed by atoms with E-state index in [0.29, 0.717) is 17.1 Å². The fourth-order valence-electron chi connectivity index (χ4n) is 3.30. The molecule has 190 valence electrons. The summed E-state index contributed by atoms with van der Waals surface area (Å²) in [6.07, 6.45) is -17.4. The Kier molecular flexibility index (Phi) is 7.02. The van der Waals surface area contributed by atoms with Crippen LogP contribution in [0.4, 0.5) is 45.2 Å². The molecule has 0 radical (unpaired) electrons. The van der Waals surface area contributed by atoms with E-state index in [1.807, 2.05) is 0 Å². The second-order valence-electron chi connectivity index (χ2n) is 7.01. The van der Waals surface area contributed by atoms with Crippen LogP contribution in [0.2, 0.25) is 10.0 Å². The molecule has 0 bridgehead atoms. The highest BCUT2D eigenvalue weighted by molar-refractivity contribution is 6.40. The van der Waals surface area contributed by atoms with Gasteiger partial charge >= 0.3 is 18.5 Å². The number of hydrazine groups is 1. The molecule has 2 aliphatic heterocycles. The number of nitrogens with one attached hydrogen (secondary N) is 2. The first-order chi connectivity index (χ1) is 16.0. The molecule has 1 atom stereocenters. The van der Waals surface area contributed by atoms with E-state index < -0.39 is 75.5 Å². The summed E-state index contributed by atoms with van der Waals surface area (Å²) in [4.78, 5) is 3.31. The van der Waals surface area contributed by atoms with E-state index in [1.54, 1.807) is 6.92 Å². The molecular formula is C19H12Cl2F9N5. The van der Waals surface area contributed by atoms with Crippen molar-refractivity contribution >= 4 is 40.6 Å². The van der Waals surface area contributed by atoms with Crippen LogP contribution in [0.15, 0.2) is 28.4 Å². The second-order valence-corrected chi connectivity index (χ2v) is 7.83. The fourth-order valence-corrected chi connectivity index (χ4v) is 3.95. The Bertz CT molecular complexity index is 1150. The molecule has 0 spiro atoms. The van der Waals surface area contributed by atoms with Crippen molar-refractivity contribution in [1.82, 2.24) is 10.3 Å². The van der Waals surface area contributed by atoms with Gasteiger partial charge in [0.2, 0.25) is 5.84 Å². The van der Waals surface area contributed by atoms with Crippen LogP contribution in [0.25, 0.3) is 0 Å². The van der Waals surface area contributed by atoms with Gasteiger partial charge in [-0.25, -0.2) is 4.99 Å². The molecule has 1 unspecified atom stereocenters. The number of halogens is 11. The largest absolute Gasteiger partial charge is 0.449 e. The summed E-state index contributed by atoms with van der Waals surface area (Å²) in [5, 5.41) is 9.39. The number of alkyl halides is 9. The van der Waals surface area contributed by atoms with Crippen molar-refractivity contribution in [3.63, 3.8) is 0 Å². The molecule has 2 heterocycles. The minimum Gasteiger partial charge on any atom is -0.332 e. The van der Waals surface area contributed by atoms with Crippen LogP contribution in [0.5, 0.6) is 0 Å². The highest BCUT2D eigenvalue weighted by atomic mass is 35.5. The van der Waals surface area contributed by atoms with Crippen molar-refractivity contribution in [1.29, 1.82) is 5.41 Å². The minimum absolute atomic E-state index is 0.271. The molecule has 0 saturated carbocycles. The summed E-state index contributed by atoms with van der Waals surface area (Å²) < 4.78 is 121. The molecule has 1 fully saturated rings. The van der Waals surface area contributed by atoms with Gasteiger partial charge in [0.1, 0.15) is 11.5 Å². The maximum absolute atomic E-state index is 13.7. The van der Waals surface area contributed by atoms with E-state index in [9.17, 15) is 39.5 Å². The number of benzene rings is 1. The van der Waals surface area contributed by atoms with Crippen molar-refractivity contribution in [3.8, 4) is 11.8 Å². The van der Waals surface area contributed by atoms with E-state index in [2.05, 4.69) is 16.8 Å². The minimum atomic E-state index is -5.38. The van der Waals surface area contributed by atoms with Crippen LogP contribution in [-0.4, -0.2) is 41.7 Å². The predicted molar refractivity (Wildman–Crippen MR) is 110 cm³/mol. The third kappa shape index (κ3) is 5.17. The first kappa shape index (κ1) is 27.0. The zero-order valence-electron chi connectivity index (χ0n) is 17.1. The van der Waals surface area contributed by atoms with Gasteiger partial charge < -0.3 is 5.32 Å². The summed E-state index contributed by atoms with van der Waals surface area (Å²) in [5.74, 6) is 2.04. The lowest BCUT2D eigenvalue weighted by atomic mass is 10.1. The first-order valence-electron chi connectivity index (χ1n) is 9.39. The smallest absolute Gasteiger partial charge is 0.332 e. The van der Waals surface area contributed by atoms with Crippen molar-refractivity contribution < 1.29 is 39.5 Å². The Morgan fingerprint density at radius 2 is 1.54 bits per heavy atom. The van der Waals surface area contributed by atoms with Crippen LogP contribution >= 0.6 is 23.2 Å². The van der Waals surface area contributed by atoms with Gasteiger partial charge in [-0.3, -0.25) is 10.4 Å². The third-order valence-corrected chi connectivity index (χ3v) is 5.26. The Morgan fingerprint density at radius 1 is 0.971 bits per heavy atom. The topological polar surface area (TPSA) is 54.7 Å². The molecule has 1 aromatic carbocycles. The SMILES string of the molecule is CCC#CCN1C2N=C(C(F)(F)F)NC(C(F)(F)F)=C2C(=N)N1c1c(Cl)cc(C(F)(F)F)cc1Cl. The lowest BCUT2D eigenvalue weighted by Gasteiger charge is -2.32. The van der Waals surface area contributed by atoms with Crippen molar-refractivity contribution in [2.45, 2.75) is 38.0 Å². The van der Waals surface area contributed by atoms with Gasteiger partial charge in [-0.2, -0.15) is 44.5 Å². The van der Waals surface area contributed by atoms with Gasteiger partial charge in [0, 0.05) is 6.42 Å². The number of amidine groups is 2. The van der Waals surface area contributed by atoms with Gasteiger partial charge in [0.15, 0.2) is 6.17 Å². The molecule has 2 N–H and O–H groups in total. The highest BCUT2D eigenvalue weighted by Crippen LogP contribution is 2.46. The quantitative estimate of drug-likeness (QED) is 0.342. The van der Waals surface area contributed by atoms with Crippen LogP contribution in [0, 0.1) is 17.3 Å². The molecule has 16 heteroatoms. The third-order valence-electron chi connectivity index (χ3n) is 4.68. The average molecular weight is 552 g/mol. The van der Waals surface area contributed by atoms with Crippen molar-refractivity contribution in [3.05, 3.63) is 39.0 Å². The molecule has 0 aliphatic carbocycles. The molecule has 35 heavy (non-hydrogen) atoms.